The summed E-state index contributed by atoms with van der Waals surface area (Å²) < 4.78 is 5.78. The first kappa shape index (κ1) is 40.6. The molecule has 7 rings (SSSR count). The van der Waals surface area contributed by atoms with E-state index in [0.29, 0.717) is 63.0 Å². The molecule has 2 saturated heterocycles. The molecule has 0 spiro atoms. The summed E-state index contributed by atoms with van der Waals surface area (Å²) in [6, 6.07) is 29.0. The van der Waals surface area contributed by atoms with Crippen molar-refractivity contribution in [2.45, 2.75) is 76.4 Å². The Labute approximate surface area is 340 Å². The maximum Gasteiger partial charge on any atom is 0.411 e. The van der Waals surface area contributed by atoms with Crippen LogP contribution in [0.4, 0.5) is 10.5 Å². The molecule has 1 atom stereocenters. The molecule has 0 bridgehead atoms. The van der Waals surface area contributed by atoms with Gasteiger partial charge in [0, 0.05) is 69.0 Å². The number of para-hydroxylation sites is 1. The Morgan fingerprint density at radius 1 is 0.810 bits per heavy atom. The van der Waals surface area contributed by atoms with Crippen LogP contribution in [0.3, 0.4) is 0 Å². The van der Waals surface area contributed by atoms with E-state index in [9.17, 15) is 29.4 Å². The number of phenols is 1. The lowest BCUT2D eigenvalue weighted by Gasteiger charge is -2.34. The van der Waals surface area contributed by atoms with Crippen LogP contribution in [0.5, 0.6) is 5.75 Å². The van der Waals surface area contributed by atoms with Gasteiger partial charge in [-0.15, -0.1) is 0 Å². The van der Waals surface area contributed by atoms with Gasteiger partial charge in [-0.05, 0) is 91.0 Å². The third kappa shape index (κ3) is 10.5. The molecular weight excluding hydrogens is 731 g/mol. The molecule has 2 heterocycles. The molecule has 0 saturated carbocycles. The van der Waals surface area contributed by atoms with Crippen LogP contribution in [0.25, 0.3) is 17.2 Å². The van der Waals surface area contributed by atoms with Gasteiger partial charge >= 0.3 is 6.09 Å². The van der Waals surface area contributed by atoms with Crippen molar-refractivity contribution in [3.8, 4) is 16.9 Å². The second kappa shape index (κ2) is 19.2. The highest BCUT2D eigenvalue weighted by Gasteiger charge is 2.29. The van der Waals surface area contributed by atoms with Crippen LogP contribution in [0, 0.1) is 5.92 Å². The Balaban J connectivity index is 0.770. The molecule has 2 amide bonds. The molecule has 2 aliphatic heterocycles. The molecule has 3 aliphatic rings. The highest BCUT2D eigenvalue weighted by atomic mass is 16.6. The molecule has 10 nitrogen and oxygen atoms in total. The van der Waals surface area contributed by atoms with Crippen LogP contribution >= 0.6 is 0 Å². The number of carbonyl (C=O) groups excluding carboxylic acids is 4. The molecule has 0 radical (unpaired) electrons. The first-order valence-corrected chi connectivity index (χ1v) is 20.7. The topological polar surface area (TPSA) is 136 Å². The summed E-state index contributed by atoms with van der Waals surface area (Å²) in [6.45, 7) is 3.38. The van der Waals surface area contributed by atoms with Crippen molar-refractivity contribution in [3.63, 3.8) is 0 Å². The Morgan fingerprint density at radius 2 is 1.52 bits per heavy atom. The highest BCUT2D eigenvalue weighted by molar-refractivity contribution is 5.99. The number of hydrogen-bond acceptors (Lipinski definition) is 8. The number of aliphatic hydroxyl groups excluding tert-OH is 1. The zero-order chi connectivity index (χ0) is 40.4. The van der Waals surface area contributed by atoms with Crippen LogP contribution in [-0.2, 0) is 38.4 Å². The molecule has 2 fully saturated rings. The number of Topliss-reactive ketones (excluding diaryl/α,β-unsaturated/α-hetero) is 1. The summed E-state index contributed by atoms with van der Waals surface area (Å²) in [7, 11) is 0. The number of nitrogens with one attached hydrogen (secondary N) is 1. The van der Waals surface area contributed by atoms with Crippen molar-refractivity contribution in [3.05, 3.63) is 125 Å². The number of hydrogen-bond donors (Lipinski definition) is 3. The van der Waals surface area contributed by atoms with Crippen LogP contribution in [0.1, 0.15) is 78.9 Å². The van der Waals surface area contributed by atoms with Crippen molar-refractivity contribution in [1.29, 1.82) is 0 Å². The monoisotopic (exact) mass is 783 g/mol. The summed E-state index contributed by atoms with van der Waals surface area (Å²) >= 11 is 0. The van der Waals surface area contributed by atoms with E-state index in [2.05, 4.69) is 10.2 Å². The Morgan fingerprint density at radius 3 is 2.28 bits per heavy atom. The maximum atomic E-state index is 13.2. The minimum absolute atomic E-state index is 0.0492. The van der Waals surface area contributed by atoms with Gasteiger partial charge in [-0.3, -0.25) is 19.7 Å². The van der Waals surface area contributed by atoms with Crippen LogP contribution < -0.4 is 5.32 Å². The number of benzene rings is 4. The van der Waals surface area contributed by atoms with E-state index in [1.54, 1.807) is 18.2 Å². The molecule has 4 aromatic rings. The first-order valence-electron chi connectivity index (χ1n) is 20.7. The predicted octanol–water partition coefficient (Wildman–Crippen LogP) is 7.71. The van der Waals surface area contributed by atoms with Gasteiger partial charge in [0.05, 0.1) is 11.8 Å². The van der Waals surface area contributed by atoms with Crippen molar-refractivity contribution in [1.82, 2.24) is 9.80 Å². The van der Waals surface area contributed by atoms with Gasteiger partial charge in [0.15, 0.2) is 5.78 Å². The van der Waals surface area contributed by atoms with Crippen molar-refractivity contribution < 1.29 is 34.1 Å². The third-order valence-corrected chi connectivity index (χ3v) is 11.9. The molecule has 1 aliphatic carbocycles. The summed E-state index contributed by atoms with van der Waals surface area (Å²) in [5, 5.41) is 24.0. The van der Waals surface area contributed by atoms with E-state index in [1.165, 1.54) is 6.08 Å². The standard InChI is InChI=1S/C48H53N3O7/c52-37-17-18-40-41(19-20-45(54)42(40)32-37)44(53)12-6-7-33-13-15-34(16-14-33)31-46(55)36-21-29-51(30-22-36)47(56)25-28-50-26-23-38(24-27-50)58-48(57)49-43-11-5-4-10-39(43)35-8-2-1-3-9-35/h1-5,8-11,13-20,36,38,44,53-54H,6-7,12,21-32H2,(H,49,57)/t44-/m0/s1. The van der Waals surface area contributed by atoms with E-state index in [0.717, 1.165) is 72.2 Å². The lowest BCUT2D eigenvalue weighted by Crippen LogP contribution is -2.43. The number of allylic oxidation sites excluding steroid dienone is 1. The molecule has 302 valence electrons. The molecule has 0 unspecified atom stereocenters. The number of amides is 2. The number of ether oxygens (including phenoxy) is 1. The molecule has 10 heteroatoms. The highest BCUT2D eigenvalue weighted by Crippen LogP contribution is 2.34. The number of ketones is 2. The predicted molar refractivity (Wildman–Crippen MR) is 224 cm³/mol. The Hall–Kier alpha value is -5.58. The number of piperidine rings is 2. The van der Waals surface area contributed by atoms with Gasteiger partial charge in [0.2, 0.25) is 5.91 Å². The fourth-order valence-electron chi connectivity index (χ4n) is 8.44. The fraction of sp³-hybridized carbons (Fsp3) is 0.375. The normalized spacial score (nSPS) is 16.8. The number of aliphatic hydroxyl groups is 1. The smallest absolute Gasteiger partial charge is 0.411 e. The van der Waals surface area contributed by atoms with E-state index in [-0.39, 0.29) is 41.7 Å². The number of anilines is 1. The van der Waals surface area contributed by atoms with Crippen molar-refractivity contribution in [2.24, 2.45) is 5.92 Å². The largest absolute Gasteiger partial charge is 0.508 e. The molecule has 0 aromatic heterocycles. The number of fused-ring (bicyclic) bond motifs is 1. The fourth-order valence-corrected chi connectivity index (χ4v) is 8.44. The number of aromatic hydroxyl groups is 1. The van der Waals surface area contributed by atoms with Gasteiger partial charge in [-0.1, -0.05) is 84.9 Å². The summed E-state index contributed by atoms with van der Waals surface area (Å²) in [5.41, 5.74) is 6.82. The lowest BCUT2D eigenvalue weighted by molar-refractivity contribution is -0.135. The summed E-state index contributed by atoms with van der Waals surface area (Å²) in [5.74, 6) is 0.311. The van der Waals surface area contributed by atoms with Gasteiger partial charge in [0.25, 0.3) is 0 Å². The molecular formula is C48H53N3O7. The van der Waals surface area contributed by atoms with Crippen LogP contribution in [0.15, 0.2) is 97.1 Å². The third-order valence-electron chi connectivity index (χ3n) is 11.9. The molecule has 3 N–H and O–H groups in total. The van der Waals surface area contributed by atoms with E-state index < -0.39 is 12.2 Å². The van der Waals surface area contributed by atoms with Crippen molar-refractivity contribution >= 4 is 35.3 Å². The number of carbonyl (C=O) groups is 4. The van der Waals surface area contributed by atoms with Crippen LogP contribution in [-0.4, -0.2) is 82.4 Å². The van der Waals surface area contributed by atoms with Crippen LogP contribution in [0.2, 0.25) is 0 Å². The molecule has 4 aromatic carbocycles. The Kier molecular flexibility index (Phi) is 13.5. The van der Waals surface area contributed by atoms with Gasteiger partial charge < -0.3 is 24.7 Å². The van der Waals surface area contributed by atoms with Gasteiger partial charge in [-0.25, -0.2) is 4.79 Å². The SMILES string of the molecule is O=C1C=Cc2c([C@@H](O)CCCc3ccc(CC(=O)C4CCN(C(=O)CCN5CCC(OC(=O)Nc6ccccc6-c6ccccc6)CC5)CC4)cc3)ccc(O)c2C1. The van der Waals surface area contributed by atoms with Gasteiger partial charge in [0.1, 0.15) is 17.6 Å². The number of nitrogens with zero attached hydrogens (tertiary/aromatic N) is 2. The second-order valence-corrected chi connectivity index (χ2v) is 15.8. The summed E-state index contributed by atoms with van der Waals surface area (Å²) in [6.07, 6.45) is 7.69. The first-order chi connectivity index (χ1) is 28.2. The van der Waals surface area contributed by atoms with E-state index in [4.69, 9.17) is 4.74 Å². The number of rotatable bonds is 14. The second-order valence-electron chi connectivity index (χ2n) is 15.8. The number of phenolic OH excluding ortho intramolecular Hbond substituents is 1. The zero-order valence-corrected chi connectivity index (χ0v) is 33.0. The zero-order valence-electron chi connectivity index (χ0n) is 33.0. The summed E-state index contributed by atoms with van der Waals surface area (Å²) in [4.78, 5) is 55.1. The average molecular weight is 784 g/mol. The number of likely N-dealkylation sites (tertiary alicyclic amines) is 2. The minimum atomic E-state index is -0.701. The van der Waals surface area contributed by atoms with Gasteiger partial charge in [-0.2, -0.15) is 0 Å². The molecule has 58 heavy (non-hydrogen) atoms. The van der Waals surface area contributed by atoms with E-state index >= 15 is 0 Å². The quantitative estimate of drug-likeness (QED) is 0.118. The van der Waals surface area contributed by atoms with E-state index in [1.807, 2.05) is 83.8 Å². The lowest BCUT2D eigenvalue weighted by atomic mass is 9.88. The maximum absolute atomic E-state index is 13.2. The minimum Gasteiger partial charge on any atom is -0.508 e. The Bertz CT molecular complexity index is 2100. The average Bonchev–Trinajstić information content (AvgIpc) is 3.24. The van der Waals surface area contributed by atoms with Crippen molar-refractivity contribution in [2.75, 3.05) is 38.0 Å². The number of aryl methyl sites for hydroxylation is 1.